The number of amides is 1. The summed E-state index contributed by atoms with van der Waals surface area (Å²) in [6.07, 6.45) is 1.59. The van der Waals surface area contributed by atoms with E-state index < -0.39 is 17.9 Å². The van der Waals surface area contributed by atoms with Gasteiger partial charge in [-0.25, -0.2) is 9.78 Å². The lowest BCUT2D eigenvalue weighted by molar-refractivity contribution is -0.139. The van der Waals surface area contributed by atoms with E-state index >= 15 is 0 Å². The van der Waals surface area contributed by atoms with Crippen molar-refractivity contribution >= 4 is 35.1 Å². The van der Waals surface area contributed by atoms with Gasteiger partial charge in [0.1, 0.15) is 11.2 Å². The number of hydrogen-bond acceptors (Lipinski definition) is 3. The summed E-state index contributed by atoms with van der Waals surface area (Å²) in [5, 5.41) is 11.7. The standard InChI is InChI=1S/C12H14Cl2N2O3/c1-6(2)3-9(12(18)19)16-11(17)7-4-8(13)10(14)15-5-7/h4-6,9H,3H2,1-2H3,(H,16,17)(H,18,19). The lowest BCUT2D eigenvalue weighted by atomic mass is 10.0. The van der Waals surface area contributed by atoms with Crippen molar-refractivity contribution in [3.05, 3.63) is 28.0 Å². The van der Waals surface area contributed by atoms with Gasteiger partial charge in [0.2, 0.25) is 0 Å². The molecule has 7 heteroatoms. The maximum Gasteiger partial charge on any atom is 0.326 e. The topological polar surface area (TPSA) is 79.3 Å². The molecule has 1 heterocycles. The molecule has 0 spiro atoms. The first-order chi connectivity index (χ1) is 8.81. The van der Waals surface area contributed by atoms with Crippen molar-refractivity contribution in [3.63, 3.8) is 0 Å². The summed E-state index contributed by atoms with van der Waals surface area (Å²) in [5.41, 5.74) is 0.171. The second-order valence-corrected chi connectivity index (χ2v) is 5.26. The third-order valence-electron chi connectivity index (χ3n) is 2.37. The molecule has 19 heavy (non-hydrogen) atoms. The number of carboxylic acids is 1. The normalized spacial score (nSPS) is 12.3. The molecule has 0 fully saturated rings. The highest BCUT2D eigenvalue weighted by atomic mass is 35.5. The summed E-state index contributed by atoms with van der Waals surface area (Å²) in [6, 6.07) is 0.405. The fourth-order valence-electron chi connectivity index (χ4n) is 1.48. The van der Waals surface area contributed by atoms with Crippen LogP contribution in [0.3, 0.4) is 0 Å². The van der Waals surface area contributed by atoms with Crippen LogP contribution < -0.4 is 5.32 Å². The van der Waals surface area contributed by atoms with Crippen LogP contribution in [0.5, 0.6) is 0 Å². The van der Waals surface area contributed by atoms with Crippen molar-refractivity contribution < 1.29 is 14.7 Å². The van der Waals surface area contributed by atoms with E-state index in [0.29, 0.717) is 6.42 Å². The van der Waals surface area contributed by atoms with Crippen molar-refractivity contribution in [2.45, 2.75) is 26.3 Å². The minimum atomic E-state index is -1.07. The molecule has 0 aliphatic carbocycles. The number of carboxylic acid groups (broad SMARTS) is 1. The second kappa shape index (κ2) is 6.73. The van der Waals surface area contributed by atoms with Crippen LogP contribution in [0.4, 0.5) is 0 Å². The third-order valence-corrected chi connectivity index (χ3v) is 3.06. The monoisotopic (exact) mass is 304 g/mol. The highest BCUT2D eigenvalue weighted by molar-refractivity contribution is 6.41. The minimum absolute atomic E-state index is 0.0928. The Balaban J connectivity index is 2.81. The van der Waals surface area contributed by atoms with Gasteiger partial charge in [-0.05, 0) is 18.4 Å². The van der Waals surface area contributed by atoms with Gasteiger partial charge in [-0.3, -0.25) is 4.79 Å². The predicted molar refractivity (Wildman–Crippen MR) is 72.6 cm³/mol. The van der Waals surface area contributed by atoms with Crippen LogP contribution in [0.2, 0.25) is 10.2 Å². The van der Waals surface area contributed by atoms with E-state index in [1.54, 1.807) is 0 Å². The van der Waals surface area contributed by atoms with Gasteiger partial charge in [0.15, 0.2) is 0 Å². The lowest BCUT2D eigenvalue weighted by Crippen LogP contribution is -2.41. The number of carbonyl (C=O) groups excluding carboxylic acids is 1. The van der Waals surface area contributed by atoms with Gasteiger partial charge in [0.05, 0.1) is 10.6 Å². The smallest absolute Gasteiger partial charge is 0.326 e. The molecule has 0 bridgehead atoms. The number of nitrogens with one attached hydrogen (secondary N) is 1. The van der Waals surface area contributed by atoms with Gasteiger partial charge in [-0.2, -0.15) is 0 Å². The van der Waals surface area contributed by atoms with Gasteiger partial charge < -0.3 is 10.4 Å². The van der Waals surface area contributed by atoms with Crippen LogP contribution in [-0.2, 0) is 4.79 Å². The Morgan fingerprint density at radius 3 is 2.53 bits per heavy atom. The van der Waals surface area contributed by atoms with Gasteiger partial charge >= 0.3 is 5.97 Å². The highest BCUT2D eigenvalue weighted by Crippen LogP contribution is 2.19. The Morgan fingerprint density at radius 1 is 1.42 bits per heavy atom. The van der Waals surface area contributed by atoms with Gasteiger partial charge in [0, 0.05) is 6.20 Å². The van der Waals surface area contributed by atoms with Crippen molar-refractivity contribution in [2.75, 3.05) is 0 Å². The van der Waals surface area contributed by atoms with E-state index in [2.05, 4.69) is 10.3 Å². The number of halogens is 2. The molecular formula is C12H14Cl2N2O3. The van der Waals surface area contributed by atoms with Crippen molar-refractivity contribution in [3.8, 4) is 0 Å². The summed E-state index contributed by atoms with van der Waals surface area (Å²) in [5.74, 6) is -1.47. The molecule has 0 aliphatic rings. The van der Waals surface area contributed by atoms with Gasteiger partial charge in [-0.1, -0.05) is 37.0 Å². The number of rotatable bonds is 5. The van der Waals surface area contributed by atoms with Gasteiger partial charge in [0.25, 0.3) is 5.91 Å². The van der Waals surface area contributed by atoms with Crippen LogP contribution >= 0.6 is 23.2 Å². The van der Waals surface area contributed by atoms with Gasteiger partial charge in [-0.15, -0.1) is 0 Å². The molecule has 5 nitrogen and oxygen atoms in total. The van der Waals surface area contributed by atoms with Crippen LogP contribution in [0.25, 0.3) is 0 Å². The van der Waals surface area contributed by atoms with Crippen molar-refractivity contribution in [2.24, 2.45) is 5.92 Å². The Morgan fingerprint density at radius 2 is 2.05 bits per heavy atom. The molecule has 0 aromatic carbocycles. The number of hydrogen-bond donors (Lipinski definition) is 2. The molecule has 1 aromatic heterocycles. The van der Waals surface area contributed by atoms with Crippen LogP contribution in [0, 0.1) is 5.92 Å². The number of nitrogens with zero attached hydrogens (tertiary/aromatic N) is 1. The van der Waals surface area contributed by atoms with E-state index in [1.807, 2.05) is 13.8 Å². The molecule has 2 N–H and O–H groups in total. The number of pyridine rings is 1. The van der Waals surface area contributed by atoms with Crippen molar-refractivity contribution in [1.82, 2.24) is 10.3 Å². The zero-order valence-corrected chi connectivity index (χ0v) is 12.0. The fraction of sp³-hybridized carbons (Fsp3) is 0.417. The Bertz CT molecular complexity index is 492. The summed E-state index contributed by atoms with van der Waals surface area (Å²) < 4.78 is 0. The molecule has 1 rings (SSSR count). The lowest BCUT2D eigenvalue weighted by Gasteiger charge is -2.16. The average molecular weight is 305 g/mol. The Hall–Kier alpha value is -1.33. The second-order valence-electron chi connectivity index (χ2n) is 4.49. The molecule has 0 saturated carbocycles. The molecule has 1 atom stereocenters. The molecule has 104 valence electrons. The number of aliphatic carboxylic acids is 1. The first-order valence-electron chi connectivity index (χ1n) is 5.66. The maximum absolute atomic E-state index is 11.9. The predicted octanol–water partition coefficient (Wildman–Crippen LogP) is 2.62. The Labute approximate surface area is 120 Å². The quantitative estimate of drug-likeness (QED) is 0.820. The highest BCUT2D eigenvalue weighted by Gasteiger charge is 2.22. The van der Waals surface area contributed by atoms with Crippen LogP contribution in [0.1, 0.15) is 30.6 Å². The molecular weight excluding hydrogens is 291 g/mol. The summed E-state index contributed by atoms with van der Waals surface area (Å²) in [7, 11) is 0. The molecule has 1 amide bonds. The van der Waals surface area contributed by atoms with E-state index in [0.717, 1.165) is 0 Å². The minimum Gasteiger partial charge on any atom is -0.480 e. The van der Waals surface area contributed by atoms with E-state index in [-0.39, 0.29) is 21.7 Å². The fourth-order valence-corrected chi connectivity index (χ4v) is 1.75. The van der Waals surface area contributed by atoms with E-state index in [4.69, 9.17) is 28.3 Å². The number of aromatic nitrogens is 1. The molecule has 0 aliphatic heterocycles. The maximum atomic E-state index is 11.9. The SMILES string of the molecule is CC(C)CC(NC(=O)c1cnc(Cl)c(Cl)c1)C(=O)O. The zero-order chi connectivity index (χ0) is 14.6. The number of carbonyl (C=O) groups is 2. The Kier molecular flexibility index (Phi) is 5.57. The molecule has 1 unspecified atom stereocenters. The molecule has 0 saturated heterocycles. The van der Waals surface area contributed by atoms with Crippen molar-refractivity contribution in [1.29, 1.82) is 0 Å². The van der Waals surface area contributed by atoms with E-state index in [1.165, 1.54) is 12.3 Å². The summed E-state index contributed by atoms with van der Waals surface area (Å²) in [4.78, 5) is 26.7. The summed E-state index contributed by atoms with van der Waals surface area (Å²) in [6.45, 7) is 3.76. The molecule has 1 aromatic rings. The van der Waals surface area contributed by atoms with Crippen LogP contribution in [0.15, 0.2) is 12.3 Å². The summed E-state index contributed by atoms with van der Waals surface area (Å²) >= 11 is 11.4. The molecule has 0 radical (unpaired) electrons. The average Bonchev–Trinajstić information content (AvgIpc) is 2.31. The largest absolute Gasteiger partial charge is 0.480 e. The van der Waals surface area contributed by atoms with Crippen LogP contribution in [-0.4, -0.2) is 28.0 Å². The first kappa shape index (κ1) is 15.7. The third kappa shape index (κ3) is 4.69. The first-order valence-corrected chi connectivity index (χ1v) is 6.41. The zero-order valence-electron chi connectivity index (χ0n) is 10.5. The van der Waals surface area contributed by atoms with E-state index in [9.17, 15) is 9.59 Å².